The quantitative estimate of drug-likeness (QED) is 0.852. The van der Waals surface area contributed by atoms with E-state index in [4.69, 9.17) is 5.73 Å². The molecule has 0 radical (unpaired) electrons. The van der Waals surface area contributed by atoms with Crippen LogP contribution in [0.25, 0.3) is 0 Å². The zero-order chi connectivity index (χ0) is 13.0. The molecule has 2 rings (SSSR count). The van der Waals surface area contributed by atoms with Crippen molar-refractivity contribution in [3.8, 4) is 0 Å². The Hall–Kier alpha value is -0.900. The molecule has 0 saturated carbocycles. The van der Waals surface area contributed by atoms with E-state index in [9.17, 15) is 0 Å². The van der Waals surface area contributed by atoms with E-state index < -0.39 is 0 Å². The summed E-state index contributed by atoms with van der Waals surface area (Å²) in [6.07, 6.45) is 2.42. The lowest BCUT2D eigenvalue weighted by molar-refractivity contribution is 0.270. The molecule has 0 spiro atoms. The Morgan fingerprint density at radius 1 is 1.28 bits per heavy atom. The summed E-state index contributed by atoms with van der Waals surface area (Å²) in [6, 6.07) is 9.27. The monoisotopic (exact) mass is 247 g/mol. The number of rotatable bonds is 5. The fraction of sp³-hybridized carbons (Fsp3) is 0.600. The van der Waals surface area contributed by atoms with E-state index in [0.29, 0.717) is 6.54 Å². The Balaban J connectivity index is 1.85. The van der Waals surface area contributed by atoms with Gasteiger partial charge in [-0.05, 0) is 44.6 Å². The first kappa shape index (κ1) is 13.5. The number of likely N-dealkylation sites (tertiary alicyclic amines) is 1. The van der Waals surface area contributed by atoms with Gasteiger partial charge >= 0.3 is 0 Å². The van der Waals surface area contributed by atoms with Crippen molar-refractivity contribution in [2.24, 2.45) is 5.73 Å². The largest absolute Gasteiger partial charge is 0.326 e. The molecule has 0 bridgehead atoms. The Kier molecular flexibility index (Phi) is 4.75. The fourth-order valence-electron chi connectivity index (χ4n) is 2.72. The van der Waals surface area contributed by atoms with Crippen LogP contribution in [0.4, 0.5) is 0 Å². The second-order valence-corrected chi connectivity index (χ2v) is 5.43. The van der Waals surface area contributed by atoms with Gasteiger partial charge in [-0.15, -0.1) is 0 Å². The number of likely N-dealkylation sites (N-methyl/N-ethyl adjacent to an activating group) is 1. The van der Waals surface area contributed by atoms with Crippen molar-refractivity contribution in [3.63, 3.8) is 0 Å². The van der Waals surface area contributed by atoms with Crippen LogP contribution in [0.3, 0.4) is 0 Å². The third kappa shape index (κ3) is 3.31. The average molecular weight is 247 g/mol. The van der Waals surface area contributed by atoms with Crippen LogP contribution in [0.5, 0.6) is 0 Å². The first-order valence-corrected chi connectivity index (χ1v) is 6.86. The van der Waals surface area contributed by atoms with Gasteiger partial charge in [-0.3, -0.25) is 0 Å². The van der Waals surface area contributed by atoms with Crippen LogP contribution in [-0.4, -0.2) is 49.6 Å². The van der Waals surface area contributed by atoms with Crippen molar-refractivity contribution in [2.75, 3.05) is 33.7 Å². The third-order valence-electron chi connectivity index (χ3n) is 4.01. The standard InChI is InChI=1S/C15H25N3/c1-17(2)15-8-10-18(12-15)9-7-13-5-3-4-6-14(13)11-16/h3-6,15H,7-12,16H2,1-2H3. The van der Waals surface area contributed by atoms with Crippen LogP contribution in [0.2, 0.25) is 0 Å². The molecule has 1 unspecified atom stereocenters. The molecule has 0 aromatic heterocycles. The normalized spacial score (nSPS) is 20.8. The van der Waals surface area contributed by atoms with Crippen LogP contribution in [0.15, 0.2) is 24.3 Å². The van der Waals surface area contributed by atoms with Crippen LogP contribution >= 0.6 is 0 Å². The summed E-state index contributed by atoms with van der Waals surface area (Å²) in [5.74, 6) is 0. The molecule has 1 aliphatic rings. The van der Waals surface area contributed by atoms with Crippen molar-refractivity contribution >= 4 is 0 Å². The Labute approximate surface area is 111 Å². The first-order chi connectivity index (χ1) is 8.70. The minimum absolute atomic E-state index is 0.649. The number of nitrogens with zero attached hydrogens (tertiary/aromatic N) is 2. The maximum absolute atomic E-state index is 5.78. The third-order valence-corrected chi connectivity index (χ3v) is 4.01. The van der Waals surface area contributed by atoms with Crippen molar-refractivity contribution in [1.29, 1.82) is 0 Å². The van der Waals surface area contributed by atoms with Crippen LogP contribution in [0.1, 0.15) is 17.5 Å². The van der Waals surface area contributed by atoms with Gasteiger partial charge in [-0.1, -0.05) is 24.3 Å². The van der Waals surface area contributed by atoms with Crippen molar-refractivity contribution in [3.05, 3.63) is 35.4 Å². The molecule has 3 nitrogen and oxygen atoms in total. The molecule has 18 heavy (non-hydrogen) atoms. The molecule has 1 heterocycles. The van der Waals surface area contributed by atoms with Gasteiger partial charge in [0.25, 0.3) is 0 Å². The number of benzene rings is 1. The van der Waals surface area contributed by atoms with E-state index in [0.717, 1.165) is 19.0 Å². The summed E-state index contributed by atoms with van der Waals surface area (Å²) in [4.78, 5) is 4.91. The molecule has 1 fully saturated rings. The summed E-state index contributed by atoms with van der Waals surface area (Å²) in [5.41, 5.74) is 8.48. The molecule has 1 aromatic carbocycles. The molecular formula is C15H25N3. The van der Waals surface area contributed by atoms with Crippen LogP contribution in [0, 0.1) is 0 Å². The van der Waals surface area contributed by atoms with E-state index in [1.165, 1.54) is 30.6 Å². The molecule has 1 saturated heterocycles. The summed E-state index contributed by atoms with van der Waals surface area (Å²) in [5, 5.41) is 0. The van der Waals surface area contributed by atoms with Gasteiger partial charge in [0.2, 0.25) is 0 Å². The van der Waals surface area contributed by atoms with Crippen LogP contribution < -0.4 is 5.73 Å². The second-order valence-electron chi connectivity index (χ2n) is 5.43. The Morgan fingerprint density at radius 2 is 2.00 bits per heavy atom. The molecule has 2 N–H and O–H groups in total. The zero-order valence-electron chi connectivity index (χ0n) is 11.6. The van der Waals surface area contributed by atoms with Crippen molar-refractivity contribution in [1.82, 2.24) is 9.80 Å². The first-order valence-electron chi connectivity index (χ1n) is 6.86. The molecule has 1 aliphatic heterocycles. The van der Waals surface area contributed by atoms with Gasteiger partial charge in [0.1, 0.15) is 0 Å². The van der Waals surface area contributed by atoms with E-state index in [2.05, 4.69) is 48.2 Å². The van der Waals surface area contributed by atoms with Gasteiger partial charge < -0.3 is 15.5 Å². The zero-order valence-corrected chi connectivity index (χ0v) is 11.6. The maximum atomic E-state index is 5.78. The highest BCUT2D eigenvalue weighted by atomic mass is 15.2. The highest BCUT2D eigenvalue weighted by Crippen LogP contribution is 2.15. The van der Waals surface area contributed by atoms with Crippen LogP contribution in [-0.2, 0) is 13.0 Å². The SMILES string of the molecule is CN(C)C1CCN(CCc2ccccc2CN)C1. The molecule has 0 amide bonds. The topological polar surface area (TPSA) is 32.5 Å². The predicted molar refractivity (Wildman–Crippen MR) is 76.6 cm³/mol. The summed E-state index contributed by atoms with van der Waals surface area (Å²) < 4.78 is 0. The highest BCUT2D eigenvalue weighted by molar-refractivity contribution is 5.27. The lowest BCUT2D eigenvalue weighted by Gasteiger charge is -2.20. The molecular weight excluding hydrogens is 222 g/mol. The molecule has 100 valence electrons. The fourth-order valence-corrected chi connectivity index (χ4v) is 2.72. The Bertz CT molecular complexity index is 376. The van der Waals surface area contributed by atoms with Gasteiger partial charge in [-0.25, -0.2) is 0 Å². The predicted octanol–water partition coefficient (Wildman–Crippen LogP) is 1.32. The summed E-state index contributed by atoms with van der Waals surface area (Å²) in [6.45, 7) is 4.24. The van der Waals surface area contributed by atoms with Gasteiger partial charge in [0, 0.05) is 25.7 Å². The molecule has 0 aliphatic carbocycles. The summed E-state index contributed by atoms with van der Waals surface area (Å²) in [7, 11) is 4.36. The van der Waals surface area contributed by atoms with Gasteiger partial charge in [0.15, 0.2) is 0 Å². The number of nitrogens with two attached hydrogens (primary N) is 1. The van der Waals surface area contributed by atoms with Crippen molar-refractivity contribution < 1.29 is 0 Å². The van der Waals surface area contributed by atoms with Gasteiger partial charge in [-0.2, -0.15) is 0 Å². The van der Waals surface area contributed by atoms with E-state index in [-0.39, 0.29) is 0 Å². The van der Waals surface area contributed by atoms with Gasteiger partial charge in [0.05, 0.1) is 0 Å². The average Bonchev–Trinajstić information content (AvgIpc) is 2.85. The van der Waals surface area contributed by atoms with E-state index in [1.54, 1.807) is 0 Å². The number of hydrogen-bond donors (Lipinski definition) is 1. The lowest BCUT2D eigenvalue weighted by Crippen LogP contribution is -2.32. The summed E-state index contributed by atoms with van der Waals surface area (Å²) >= 11 is 0. The Morgan fingerprint density at radius 3 is 2.61 bits per heavy atom. The smallest absolute Gasteiger partial charge is 0.0229 e. The lowest BCUT2D eigenvalue weighted by atomic mass is 10.0. The molecule has 1 atom stereocenters. The van der Waals surface area contributed by atoms with E-state index >= 15 is 0 Å². The van der Waals surface area contributed by atoms with E-state index in [1.807, 2.05) is 0 Å². The number of hydrogen-bond acceptors (Lipinski definition) is 3. The molecule has 3 heteroatoms. The second kappa shape index (κ2) is 6.32. The minimum Gasteiger partial charge on any atom is -0.326 e. The van der Waals surface area contributed by atoms with Crippen molar-refractivity contribution in [2.45, 2.75) is 25.4 Å². The minimum atomic E-state index is 0.649. The highest BCUT2D eigenvalue weighted by Gasteiger charge is 2.23. The molecule has 1 aromatic rings. The maximum Gasteiger partial charge on any atom is 0.0229 e.